The average Bonchev–Trinajstić information content (AvgIpc) is 2.98. The number of phenolic OH excluding ortho intramolecular Hbond substituents is 2. The van der Waals surface area contributed by atoms with E-state index in [1.807, 2.05) is 50.2 Å². The molecule has 5 heteroatoms. The number of hydrogen-bond donors (Lipinski definition) is 2. The molecule has 0 spiro atoms. The monoisotopic (exact) mass is 574 g/mol. The number of benzene rings is 2. The molecule has 0 fully saturated rings. The first-order chi connectivity index (χ1) is 20.1. The lowest BCUT2D eigenvalue weighted by Gasteiger charge is -2.04. The molecule has 0 radical (unpaired) electrons. The third kappa shape index (κ3) is 25.4. The highest BCUT2D eigenvalue weighted by Gasteiger charge is 2.00. The number of aromatic hydroxyl groups is 2. The summed E-state index contributed by atoms with van der Waals surface area (Å²) in [7, 11) is 0. The maximum atomic E-state index is 9.65. The number of phenols is 2. The molecular formula is C36H62O5. The van der Waals surface area contributed by atoms with Gasteiger partial charge in [0.25, 0.3) is 0 Å². The van der Waals surface area contributed by atoms with Crippen molar-refractivity contribution in [3.63, 3.8) is 0 Å². The van der Waals surface area contributed by atoms with Gasteiger partial charge in [-0.05, 0) is 62.8 Å². The predicted molar refractivity (Wildman–Crippen MR) is 173 cm³/mol. The van der Waals surface area contributed by atoms with Crippen molar-refractivity contribution in [1.82, 2.24) is 0 Å². The predicted octanol–water partition coefficient (Wildman–Crippen LogP) is 11.1. The maximum Gasteiger partial charge on any atom is 0.118 e. The average molecular weight is 575 g/mol. The van der Waals surface area contributed by atoms with Gasteiger partial charge in [-0.3, -0.25) is 0 Å². The molecule has 2 N–H and O–H groups in total. The second-order valence-corrected chi connectivity index (χ2v) is 10.6. The van der Waals surface area contributed by atoms with E-state index in [4.69, 9.17) is 0 Å². The molecule has 0 aromatic heterocycles. The van der Waals surface area contributed by atoms with E-state index >= 15 is 0 Å². The van der Waals surface area contributed by atoms with Crippen LogP contribution in [0.15, 0.2) is 48.5 Å². The number of para-hydroxylation sites is 2. The third-order valence-corrected chi connectivity index (χ3v) is 6.91. The van der Waals surface area contributed by atoms with E-state index in [9.17, 15) is 10.2 Å². The Hall–Kier alpha value is -2.08. The normalized spacial score (nSPS) is 10.4. The van der Waals surface area contributed by atoms with Gasteiger partial charge in [0.2, 0.25) is 0 Å². The van der Waals surface area contributed by atoms with Crippen molar-refractivity contribution in [1.29, 1.82) is 0 Å². The van der Waals surface area contributed by atoms with Crippen molar-refractivity contribution in [2.45, 2.75) is 143 Å². The van der Waals surface area contributed by atoms with Crippen molar-refractivity contribution in [3.8, 4) is 11.5 Å². The first-order valence-electron chi connectivity index (χ1n) is 16.5. The van der Waals surface area contributed by atoms with Crippen molar-refractivity contribution >= 4 is 0 Å². The van der Waals surface area contributed by atoms with Crippen LogP contribution < -0.4 is 0 Å². The molecule has 236 valence electrons. The van der Waals surface area contributed by atoms with Gasteiger partial charge in [0.05, 0.1) is 13.2 Å². The van der Waals surface area contributed by atoms with Crippen molar-refractivity contribution in [3.05, 3.63) is 59.7 Å². The van der Waals surface area contributed by atoms with Gasteiger partial charge >= 0.3 is 0 Å². The summed E-state index contributed by atoms with van der Waals surface area (Å²) in [6.07, 6.45) is 23.5. The Morgan fingerprint density at radius 2 is 0.756 bits per heavy atom. The summed E-state index contributed by atoms with van der Waals surface area (Å²) in [6.45, 7) is 9.17. The molecule has 0 saturated carbocycles. The van der Waals surface area contributed by atoms with Crippen molar-refractivity contribution in [2.24, 2.45) is 0 Å². The quantitative estimate of drug-likeness (QED) is 0.0831. The summed E-state index contributed by atoms with van der Waals surface area (Å²) in [6, 6.07) is 15.4. The standard InChI is InChI=1S/C18H30O.C14H22O.C4H10O3/c1-2-3-4-5-6-7-8-9-10-11-14-17-15-12-13-16-18(17)19;1-2-3-4-5-6-7-10-13-11-8-9-12-14(13)15;1-3-5-7-6-4-2/h12-13,15-16,19H,2-11,14H2,1H3;8-9,11-12,15H,2-7,10H2,1H3;3-4H2,1-2H3. The molecule has 0 atom stereocenters. The Morgan fingerprint density at radius 3 is 1.07 bits per heavy atom. The molecule has 0 unspecified atom stereocenters. The second-order valence-electron chi connectivity index (χ2n) is 10.6. The van der Waals surface area contributed by atoms with Crippen molar-refractivity contribution in [2.75, 3.05) is 13.2 Å². The highest BCUT2D eigenvalue weighted by Crippen LogP contribution is 2.20. The molecule has 0 saturated heterocycles. The SMILES string of the molecule is CCCCCCCCCCCCc1ccccc1O.CCCCCCCCc1ccccc1O.CCOOOCC. The maximum absolute atomic E-state index is 9.65. The van der Waals surface area contributed by atoms with Crippen LogP contribution in [0.2, 0.25) is 0 Å². The van der Waals surface area contributed by atoms with Crippen LogP contribution in [0.3, 0.4) is 0 Å². The number of unbranched alkanes of at least 4 members (excludes halogenated alkanes) is 14. The number of hydrogen-bond acceptors (Lipinski definition) is 5. The lowest BCUT2D eigenvalue weighted by molar-refractivity contribution is -0.509. The molecule has 0 amide bonds. The summed E-state index contributed by atoms with van der Waals surface area (Å²) in [5, 5.41) is 23.3. The van der Waals surface area contributed by atoms with E-state index in [-0.39, 0.29) is 0 Å². The molecule has 0 aliphatic carbocycles. The molecule has 0 bridgehead atoms. The van der Waals surface area contributed by atoms with Crippen LogP contribution in [0.1, 0.15) is 142 Å². The highest BCUT2D eigenvalue weighted by atomic mass is 17.5. The van der Waals surface area contributed by atoms with Crippen LogP contribution in [0.5, 0.6) is 11.5 Å². The van der Waals surface area contributed by atoms with Gasteiger partial charge in [-0.15, -0.1) is 0 Å². The Labute approximate surface area is 252 Å². The van der Waals surface area contributed by atoms with Crippen LogP contribution >= 0.6 is 0 Å². The van der Waals surface area contributed by atoms with Crippen LogP contribution in [-0.2, 0) is 27.7 Å². The Balaban J connectivity index is 0.000000647. The van der Waals surface area contributed by atoms with Crippen LogP contribution in [0, 0.1) is 0 Å². The fourth-order valence-electron chi connectivity index (χ4n) is 4.47. The zero-order valence-electron chi connectivity index (χ0n) is 26.9. The molecular weight excluding hydrogens is 512 g/mol. The minimum atomic E-state index is 0.450. The number of aryl methyl sites for hydroxylation is 2. The number of rotatable bonds is 22. The third-order valence-electron chi connectivity index (χ3n) is 6.91. The van der Waals surface area contributed by atoms with E-state index in [0.29, 0.717) is 24.7 Å². The molecule has 41 heavy (non-hydrogen) atoms. The van der Waals surface area contributed by atoms with Gasteiger partial charge in [-0.25, -0.2) is 9.78 Å². The molecule has 0 aliphatic rings. The van der Waals surface area contributed by atoms with Gasteiger partial charge in [0, 0.05) is 0 Å². The molecule has 2 rings (SSSR count). The molecule has 0 heterocycles. The summed E-state index contributed by atoms with van der Waals surface area (Å²) in [5.41, 5.74) is 2.19. The summed E-state index contributed by atoms with van der Waals surface area (Å²) >= 11 is 0. The molecule has 2 aromatic carbocycles. The highest BCUT2D eigenvalue weighted by molar-refractivity contribution is 5.32. The summed E-state index contributed by atoms with van der Waals surface area (Å²) in [4.78, 5) is 8.70. The van der Waals surface area contributed by atoms with E-state index in [2.05, 4.69) is 28.7 Å². The molecule has 5 nitrogen and oxygen atoms in total. The second kappa shape index (κ2) is 30.9. The Morgan fingerprint density at radius 1 is 0.439 bits per heavy atom. The van der Waals surface area contributed by atoms with Crippen LogP contribution in [-0.4, -0.2) is 23.4 Å². The van der Waals surface area contributed by atoms with Crippen LogP contribution in [0.25, 0.3) is 0 Å². The fraction of sp³-hybridized carbons (Fsp3) is 0.667. The Bertz CT molecular complexity index is 791. The first kappa shape index (κ1) is 38.9. The molecule has 2 aromatic rings. The largest absolute Gasteiger partial charge is 0.508 e. The van der Waals surface area contributed by atoms with E-state index in [1.54, 1.807) is 12.1 Å². The lowest BCUT2D eigenvalue weighted by atomic mass is 10.0. The van der Waals surface area contributed by atoms with Crippen molar-refractivity contribution < 1.29 is 25.0 Å². The lowest BCUT2D eigenvalue weighted by Crippen LogP contribution is -1.94. The first-order valence-corrected chi connectivity index (χ1v) is 16.5. The van der Waals surface area contributed by atoms with Gasteiger partial charge in [-0.1, -0.05) is 145 Å². The zero-order valence-corrected chi connectivity index (χ0v) is 26.9. The smallest absolute Gasteiger partial charge is 0.118 e. The zero-order chi connectivity index (χ0) is 30.2. The van der Waals surface area contributed by atoms with Gasteiger partial charge in [-0.2, -0.15) is 0 Å². The van der Waals surface area contributed by atoms with E-state index < -0.39 is 0 Å². The minimum absolute atomic E-state index is 0.450. The minimum Gasteiger partial charge on any atom is -0.508 e. The van der Waals surface area contributed by atoms with E-state index in [1.165, 1.54) is 103 Å². The van der Waals surface area contributed by atoms with E-state index in [0.717, 1.165) is 24.0 Å². The summed E-state index contributed by atoms with van der Waals surface area (Å²) in [5.74, 6) is 0.907. The van der Waals surface area contributed by atoms with Gasteiger partial charge in [0.15, 0.2) is 0 Å². The van der Waals surface area contributed by atoms with Gasteiger partial charge in [0.1, 0.15) is 11.5 Å². The fourth-order valence-corrected chi connectivity index (χ4v) is 4.47. The summed E-state index contributed by atoms with van der Waals surface area (Å²) < 4.78 is 0. The molecule has 0 aliphatic heterocycles. The Kier molecular flexibility index (Phi) is 29.3. The van der Waals surface area contributed by atoms with Crippen LogP contribution in [0.4, 0.5) is 0 Å². The topological polar surface area (TPSA) is 68.2 Å². The van der Waals surface area contributed by atoms with Gasteiger partial charge < -0.3 is 10.2 Å².